The number of ether oxygens (including phenoxy) is 1. The van der Waals surface area contributed by atoms with Crippen molar-refractivity contribution < 1.29 is 13.9 Å². The zero-order chi connectivity index (χ0) is 19.5. The first-order valence-corrected chi connectivity index (χ1v) is 9.31. The van der Waals surface area contributed by atoms with Crippen LogP contribution in [0.1, 0.15) is 28.5 Å². The highest BCUT2D eigenvalue weighted by molar-refractivity contribution is 6.05. The van der Waals surface area contributed by atoms with E-state index in [2.05, 4.69) is 24.4 Å². The molecule has 0 aliphatic rings. The Labute approximate surface area is 163 Å². The largest absolute Gasteiger partial charge is 0.494 e. The van der Waals surface area contributed by atoms with Gasteiger partial charge in [0.2, 0.25) is 0 Å². The van der Waals surface area contributed by atoms with Gasteiger partial charge in [-0.15, -0.1) is 0 Å². The van der Waals surface area contributed by atoms with Crippen molar-refractivity contribution in [2.75, 3.05) is 11.9 Å². The molecule has 142 valence electrons. The number of amides is 1. The van der Waals surface area contributed by atoms with E-state index in [1.807, 2.05) is 54.0 Å². The average molecular weight is 374 g/mol. The zero-order valence-electron chi connectivity index (χ0n) is 15.9. The molecule has 5 nitrogen and oxygen atoms in total. The van der Waals surface area contributed by atoms with Gasteiger partial charge >= 0.3 is 0 Å². The number of anilines is 1. The standard InChI is InChI=1S/C23H22N2O3/c1-3-27-19-10-8-18(9-11-19)24-23(26)21-14-22-20(12-13-28-22)25(21)15-17-7-5-4-6-16(17)2/h4-14H,3,15H2,1-2H3,(H,24,26). The fraction of sp³-hybridized carbons (Fsp3) is 0.174. The molecule has 0 unspecified atom stereocenters. The molecule has 2 aromatic carbocycles. The monoisotopic (exact) mass is 374 g/mol. The summed E-state index contributed by atoms with van der Waals surface area (Å²) in [6, 6.07) is 19.2. The summed E-state index contributed by atoms with van der Waals surface area (Å²) < 4.78 is 13.0. The van der Waals surface area contributed by atoms with Crippen LogP contribution in [-0.4, -0.2) is 17.1 Å². The predicted molar refractivity (Wildman–Crippen MR) is 110 cm³/mol. The number of nitrogens with zero attached hydrogens (tertiary/aromatic N) is 1. The van der Waals surface area contributed by atoms with Crippen LogP contribution in [0.25, 0.3) is 11.1 Å². The molecule has 0 spiro atoms. The van der Waals surface area contributed by atoms with Crippen molar-refractivity contribution >= 4 is 22.7 Å². The number of nitrogens with one attached hydrogen (secondary N) is 1. The van der Waals surface area contributed by atoms with E-state index in [1.165, 1.54) is 5.56 Å². The molecule has 1 N–H and O–H groups in total. The highest BCUT2D eigenvalue weighted by atomic mass is 16.5. The van der Waals surface area contributed by atoms with Gasteiger partial charge in [0.15, 0.2) is 5.58 Å². The lowest BCUT2D eigenvalue weighted by Gasteiger charge is -2.12. The van der Waals surface area contributed by atoms with E-state index in [4.69, 9.17) is 9.15 Å². The van der Waals surface area contributed by atoms with Crippen LogP contribution < -0.4 is 10.1 Å². The fourth-order valence-electron chi connectivity index (χ4n) is 3.29. The number of aryl methyl sites for hydroxylation is 1. The number of hydrogen-bond donors (Lipinski definition) is 1. The number of benzene rings is 2. The van der Waals surface area contributed by atoms with Crippen LogP contribution in [0, 0.1) is 6.92 Å². The van der Waals surface area contributed by atoms with Gasteiger partial charge in [0.05, 0.1) is 18.4 Å². The smallest absolute Gasteiger partial charge is 0.272 e. The second-order valence-corrected chi connectivity index (χ2v) is 6.62. The van der Waals surface area contributed by atoms with Crippen LogP contribution in [-0.2, 0) is 6.54 Å². The van der Waals surface area contributed by atoms with Crippen molar-refractivity contribution in [2.45, 2.75) is 20.4 Å². The molecule has 0 fully saturated rings. The van der Waals surface area contributed by atoms with E-state index in [0.717, 1.165) is 16.8 Å². The van der Waals surface area contributed by atoms with Gasteiger partial charge in [-0.2, -0.15) is 0 Å². The second-order valence-electron chi connectivity index (χ2n) is 6.62. The van der Waals surface area contributed by atoms with E-state index in [-0.39, 0.29) is 5.91 Å². The summed E-state index contributed by atoms with van der Waals surface area (Å²) in [5.74, 6) is 0.602. The molecule has 4 aromatic rings. The topological polar surface area (TPSA) is 56.4 Å². The Balaban J connectivity index is 1.63. The van der Waals surface area contributed by atoms with Crippen LogP contribution >= 0.6 is 0 Å². The molecule has 0 radical (unpaired) electrons. The SMILES string of the molecule is CCOc1ccc(NC(=O)c2cc3occc3n2Cc2ccccc2C)cc1. The summed E-state index contributed by atoms with van der Waals surface area (Å²) in [5.41, 5.74) is 5.23. The second kappa shape index (κ2) is 7.64. The number of hydrogen-bond acceptors (Lipinski definition) is 3. The molecular formula is C23H22N2O3. The van der Waals surface area contributed by atoms with Gasteiger partial charge < -0.3 is 19.0 Å². The predicted octanol–water partition coefficient (Wildman–Crippen LogP) is 5.24. The lowest BCUT2D eigenvalue weighted by atomic mass is 10.1. The molecule has 28 heavy (non-hydrogen) atoms. The Morgan fingerprint density at radius 1 is 1.11 bits per heavy atom. The van der Waals surface area contributed by atoms with Crippen molar-refractivity contribution in [3.05, 3.63) is 83.7 Å². The van der Waals surface area contributed by atoms with Crippen molar-refractivity contribution in [3.8, 4) is 5.75 Å². The first-order valence-electron chi connectivity index (χ1n) is 9.31. The Bertz CT molecular complexity index is 1110. The Kier molecular flexibility index (Phi) is 4.89. The minimum atomic E-state index is -0.177. The number of carbonyl (C=O) groups is 1. The van der Waals surface area contributed by atoms with Gasteiger partial charge in [-0.1, -0.05) is 24.3 Å². The van der Waals surface area contributed by atoms with Crippen LogP contribution in [0.4, 0.5) is 5.69 Å². The van der Waals surface area contributed by atoms with Gasteiger partial charge in [-0.3, -0.25) is 4.79 Å². The molecule has 0 bridgehead atoms. The molecule has 0 saturated carbocycles. The molecular weight excluding hydrogens is 352 g/mol. The lowest BCUT2D eigenvalue weighted by Crippen LogP contribution is -2.17. The maximum Gasteiger partial charge on any atom is 0.272 e. The van der Waals surface area contributed by atoms with Gasteiger partial charge in [0.25, 0.3) is 5.91 Å². The lowest BCUT2D eigenvalue weighted by molar-refractivity contribution is 0.101. The van der Waals surface area contributed by atoms with Crippen LogP contribution in [0.3, 0.4) is 0 Å². The van der Waals surface area contributed by atoms with Crippen LogP contribution in [0.5, 0.6) is 5.75 Å². The Hall–Kier alpha value is -3.47. The molecule has 1 amide bonds. The van der Waals surface area contributed by atoms with Crippen molar-refractivity contribution in [2.24, 2.45) is 0 Å². The highest BCUT2D eigenvalue weighted by Crippen LogP contribution is 2.24. The first-order chi connectivity index (χ1) is 13.7. The highest BCUT2D eigenvalue weighted by Gasteiger charge is 2.18. The summed E-state index contributed by atoms with van der Waals surface area (Å²) >= 11 is 0. The zero-order valence-corrected chi connectivity index (χ0v) is 15.9. The fourth-order valence-corrected chi connectivity index (χ4v) is 3.29. The minimum absolute atomic E-state index is 0.177. The van der Waals surface area contributed by atoms with Gasteiger partial charge in [-0.25, -0.2) is 0 Å². The van der Waals surface area contributed by atoms with Gasteiger partial charge in [0, 0.05) is 24.4 Å². The normalized spacial score (nSPS) is 10.9. The third-order valence-corrected chi connectivity index (χ3v) is 4.77. The van der Waals surface area contributed by atoms with E-state index in [0.29, 0.717) is 30.1 Å². The Morgan fingerprint density at radius 2 is 1.89 bits per heavy atom. The summed E-state index contributed by atoms with van der Waals surface area (Å²) in [6.07, 6.45) is 1.65. The summed E-state index contributed by atoms with van der Waals surface area (Å²) in [4.78, 5) is 13.0. The molecule has 0 aliphatic heterocycles. The third-order valence-electron chi connectivity index (χ3n) is 4.77. The van der Waals surface area contributed by atoms with E-state index < -0.39 is 0 Å². The van der Waals surface area contributed by atoms with Crippen molar-refractivity contribution in [3.63, 3.8) is 0 Å². The van der Waals surface area contributed by atoms with Crippen molar-refractivity contribution in [1.29, 1.82) is 0 Å². The molecule has 0 atom stereocenters. The molecule has 2 heterocycles. The van der Waals surface area contributed by atoms with Crippen LogP contribution in [0.15, 0.2) is 71.3 Å². The number of aromatic nitrogens is 1. The average Bonchev–Trinajstić information content (AvgIpc) is 3.28. The van der Waals surface area contributed by atoms with Gasteiger partial charge in [-0.05, 0) is 49.2 Å². The summed E-state index contributed by atoms with van der Waals surface area (Å²) in [6.45, 7) is 5.22. The Morgan fingerprint density at radius 3 is 2.64 bits per heavy atom. The van der Waals surface area contributed by atoms with Crippen LogP contribution in [0.2, 0.25) is 0 Å². The molecule has 0 aliphatic carbocycles. The molecule has 5 heteroatoms. The van der Waals surface area contributed by atoms with Gasteiger partial charge in [0.1, 0.15) is 11.4 Å². The number of carbonyl (C=O) groups excluding carboxylic acids is 1. The number of rotatable bonds is 6. The first kappa shape index (κ1) is 17.9. The molecule has 2 aromatic heterocycles. The van der Waals surface area contributed by atoms with Crippen molar-refractivity contribution in [1.82, 2.24) is 4.57 Å². The number of furan rings is 1. The maximum absolute atomic E-state index is 13.0. The quantitative estimate of drug-likeness (QED) is 0.502. The third kappa shape index (κ3) is 3.51. The minimum Gasteiger partial charge on any atom is -0.494 e. The molecule has 4 rings (SSSR count). The molecule has 0 saturated heterocycles. The van der Waals surface area contributed by atoms with E-state index in [9.17, 15) is 4.79 Å². The summed E-state index contributed by atoms with van der Waals surface area (Å²) in [7, 11) is 0. The van der Waals surface area contributed by atoms with E-state index >= 15 is 0 Å². The maximum atomic E-state index is 13.0. The van der Waals surface area contributed by atoms with E-state index in [1.54, 1.807) is 12.3 Å². The summed E-state index contributed by atoms with van der Waals surface area (Å²) in [5, 5.41) is 2.96. The number of fused-ring (bicyclic) bond motifs is 1.